The molecular weight excluding hydrogens is 220 g/mol. The average Bonchev–Trinajstić information content (AvgIpc) is 2.32. The summed E-state index contributed by atoms with van der Waals surface area (Å²) in [7, 11) is 0. The second-order valence-corrected chi connectivity index (χ2v) is 3.78. The van der Waals surface area contributed by atoms with Crippen LogP contribution in [0, 0.1) is 0 Å². The number of hydrogen-bond acceptors (Lipinski definition) is 4. The smallest absolute Gasteiger partial charge is 0.267 e. The molecule has 17 heavy (non-hydrogen) atoms. The lowest BCUT2D eigenvalue weighted by Gasteiger charge is -2.07. The van der Waals surface area contributed by atoms with Crippen molar-refractivity contribution in [3.63, 3.8) is 0 Å². The van der Waals surface area contributed by atoms with Crippen LogP contribution in [0.2, 0.25) is 0 Å². The van der Waals surface area contributed by atoms with Crippen LogP contribution >= 0.6 is 0 Å². The number of aliphatic hydroxyl groups excluding tert-OH is 1. The Hall–Kier alpha value is -1.72. The van der Waals surface area contributed by atoms with E-state index in [1.807, 2.05) is 13.0 Å². The van der Waals surface area contributed by atoms with E-state index in [2.05, 4.69) is 4.99 Å². The van der Waals surface area contributed by atoms with Crippen molar-refractivity contribution in [3.05, 3.63) is 35.6 Å². The Morgan fingerprint density at radius 3 is 3.00 bits per heavy atom. The summed E-state index contributed by atoms with van der Waals surface area (Å²) in [5, 5.41) is 17.4. The number of aliphatic imine (C=N–C) groups is 1. The molecule has 1 rings (SSSR count). The van der Waals surface area contributed by atoms with E-state index >= 15 is 0 Å². The molecule has 0 aromatic rings. The van der Waals surface area contributed by atoms with Crippen molar-refractivity contribution < 1.29 is 15.1 Å². The van der Waals surface area contributed by atoms with Crippen LogP contribution in [-0.4, -0.2) is 28.5 Å². The molecule has 5 heteroatoms. The Labute approximate surface area is 99.8 Å². The molecule has 1 heterocycles. The van der Waals surface area contributed by atoms with E-state index in [0.717, 1.165) is 29.7 Å². The highest BCUT2D eigenvalue weighted by Gasteiger charge is 2.02. The molecule has 0 aliphatic carbocycles. The van der Waals surface area contributed by atoms with Gasteiger partial charge in [0.05, 0.1) is 6.61 Å². The Kier molecular flexibility index (Phi) is 5.32. The van der Waals surface area contributed by atoms with Gasteiger partial charge in [0, 0.05) is 18.0 Å². The van der Waals surface area contributed by atoms with Crippen molar-refractivity contribution in [2.45, 2.75) is 19.8 Å². The molecule has 1 amide bonds. The fraction of sp³-hybridized carbons (Fsp3) is 0.333. The zero-order valence-corrected chi connectivity index (χ0v) is 9.68. The second kappa shape index (κ2) is 6.78. The first-order valence-electron chi connectivity index (χ1n) is 5.31. The van der Waals surface area contributed by atoms with Crippen LogP contribution in [-0.2, 0) is 4.79 Å². The molecule has 5 nitrogen and oxygen atoms in total. The number of hydroxylamine groups is 1. The van der Waals surface area contributed by atoms with Gasteiger partial charge in [-0.1, -0.05) is 11.6 Å². The summed E-state index contributed by atoms with van der Waals surface area (Å²) in [5.41, 5.74) is 4.12. The summed E-state index contributed by atoms with van der Waals surface area (Å²) in [5.74, 6) is -0.592. The molecule has 0 aromatic heterocycles. The van der Waals surface area contributed by atoms with Gasteiger partial charge in [-0.05, 0) is 31.4 Å². The number of rotatable bonds is 3. The number of aliphatic hydroxyl groups is 1. The molecule has 0 aromatic carbocycles. The largest absolute Gasteiger partial charge is 0.390 e. The minimum absolute atomic E-state index is 0.0576. The van der Waals surface area contributed by atoms with E-state index in [9.17, 15) is 4.79 Å². The highest BCUT2D eigenvalue weighted by molar-refractivity contribution is 5.88. The lowest BCUT2D eigenvalue weighted by molar-refractivity contribution is -0.124. The van der Waals surface area contributed by atoms with Crippen LogP contribution in [0.4, 0.5) is 0 Å². The van der Waals surface area contributed by atoms with Gasteiger partial charge in [-0.15, -0.1) is 0 Å². The van der Waals surface area contributed by atoms with Crippen molar-refractivity contribution >= 4 is 11.6 Å². The van der Waals surface area contributed by atoms with E-state index in [1.165, 1.54) is 11.6 Å². The average molecular weight is 236 g/mol. The number of carbonyl (C=O) groups is 1. The molecule has 0 fully saturated rings. The van der Waals surface area contributed by atoms with Crippen LogP contribution < -0.4 is 5.48 Å². The first-order valence-corrected chi connectivity index (χ1v) is 5.31. The van der Waals surface area contributed by atoms with Crippen LogP contribution in [0.1, 0.15) is 19.8 Å². The molecule has 0 bridgehead atoms. The van der Waals surface area contributed by atoms with E-state index in [-0.39, 0.29) is 6.61 Å². The SMILES string of the molecule is C\C1=C/C(/C=C/C(=O)NO)=C\N=C(CO)CC1. The minimum atomic E-state index is -0.592. The Balaban J connectivity index is 2.89. The van der Waals surface area contributed by atoms with E-state index in [4.69, 9.17) is 10.3 Å². The van der Waals surface area contributed by atoms with E-state index in [1.54, 1.807) is 12.3 Å². The predicted octanol–water partition coefficient (Wildman–Crippen LogP) is 1.11. The molecule has 0 spiro atoms. The molecule has 92 valence electrons. The van der Waals surface area contributed by atoms with Crippen molar-refractivity contribution in [1.29, 1.82) is 0 Å². The number of nitrogens with zero attached hydrogens (tertiary/aromatic N) is 1. The molecule has 1 aliphatic rings. The zero-order chi connectivity index (χ0) is 12.7. The third kappa shape index (κ3) is 4.76. The van der Waals surface area contributed by atoms with Crippen LogP contribution in [0.5, 0.6) is 0 Å². The maximum Gasteiger partial charge on any atom is 0.267 e. The monoisotopic (exact) mass is 236 g/mol. The summed E-state index contributed by atoms with van der Waals surface area (Å²) < 4.78 is 0. The van der Waals surface area contributed by atoms with Crippen molar-refractivity contribution in [2.24, 2.45) is 4.99 Å². The molecule has 0 saturated heterocycles. The molecule has 1 aliphatic heterocycles. The Bertz CT molecular complexity index is 406. The predicted molar refractivity (Wildman–Crippen MR) is 64.7 cm³/mol. The molecular formula is C12H16N2O3. The summed E-state index contributed by atoms with van der Waals surface area (Å²) in [4.78, 5) is 15.0. The summed E-state index contributed by atoms with van der Waals surface area (Å²) in [6, 6.07) is 0. The lowest BCUT2D eigenvalue weighted by Crippen LogP contribution is -2.15. The third-order valence-electron chi connectivity index (χ3n) is 2.34. The fourth-order valence-corrected chi connectivity index (χ4v) is 1.39. The number of hydrogen-bond donors (Lipinski definition) is 3. The standard InChI is InChI=1S/C12H16N2O3/c1-9-2-4-11(8-15)13-7-10(6-9)3-5-12(16)14-17/h3,5-7,15,17H,2,4,8H2,1H3,(H,14,16)/b5-3+,9-6+,10-7-,13-11?. The number of allylic oxidation sites excluding steroid dienone is 4. The fourth-order valence-electron chi connectivity index (χ4n) is 1.39. The maximum absolute atomic E-state index is 10.8. The lowest BCUT2D eigenvalue weighted by atomic mass is 10.0. The minimum Gasteiger partial charge on any atom is -0.390 e. The van der Waals surface area contributed by atoms with Crippen LogP contribution in [0.25, 0.3) is 0 Å². The quantitative estimate of drug-likeness (QED) is 0.390. The van der Waals surface area contributed by atoms with Gasteiger partial charge in [0.25, 0.3) is 5.91 Å². The summed E-state index contributed by atoms with van der Waals surface area (Å²) in [6.45, 7) is 1.92. The Morgan fingerprint density at radius 2 is 2.35 bits per heavy atom. The number of carbonyl (C=O) groups excluding carboxylic acids is 1. The normalized spacial score (nSPS) is 22.9. The van der Waals surface area contributed by atoms with Crippen LogP contribution in [0.3, 0.4) is 0 Å². The first-order chi connectivity index (χ1) is 8.15. The van der Waals surface area contributed by atoms with Gasteiger partial charge >= 0.3 is 0 Å². The molecule has 0 atom stereocenters. The number of nitrogens with one attached hydrogen (secondary N) is 1. The zero-order valence-electron chi connectivity index (χ0n) is 9.68. The summed E-state index contributed by atoms with van der Waals surface area (Å²) in [6.07, 6.45) is 7.85. The third-order valence-corrected chi connectivity index (χ3v) is 2.34. The van der Waals surface area contributed by atoms with Gasteiger partial charge in [-0.25, -0.2) is 5.48 Å². The van der Waals surface area contributed by atoms with Crippen molar-refractivity contribution in [1.82, 2.24) is 5.48 Å². The highest BCUT2D eigenvalue weighted by Crippen LogP contribution is 2.13. The number of amides is 1. The van der Waals surface area contributed by atoms with Crippen LogP contribution in [0.15, 0.2) is 40.6 Å². The van der Waals surface area contributed by atoms with Gasteiger partial charge in [0.1, 0.15) is 0 Å². The summed E-state index contributed by atoms with van der Waals surface area (Å²) >= 11 is 0. The molecule has 0 unspecified atom stereocenters. The molecule has 3 N–H and O–H groups in total. The molecule has 0 saturated carbocycles. The highest BCUT2D eigenvalue weighted by atomic mass is 16.5. The van der Waals surface area contributed by atoms with Gasteiger partial charge in [-0.2, -0.15) is 0 Å². The van der Waals surface area contributed by atoms with Crippen molar-refractivity contribution in [2.75, 3.05) is 6.61 Å². The van der Waals surface area contributed by atoms with Gasteiger partial charge in [0.2, 0.25) is 0 Å². The van der Waals surface area contributed by atoms with Gasteiger partial charge < -0.3 is 5.11 Å². The van der Waals surface area contributed by atoms with Crippen molar-refractivity contribution in [3.8, 4) is 0 Å². The molecule has 0 radical (unpaired) electrons. The van der Waals surface area contributed by atoms with E-state index < -0.39 is 5.91 Å². The second-order valence-electron chi connectivity index (χ2n) is 3.78. The maximum atomic E-state index is 10.8. The van der Waals surface area contributed by atoms with Gasteiger partial charge in [-0.3, -0.25) is 15.0 Å². The topological polar surface area (TPSA) is 81.9 Å². The Morgan fingerprint density at radius 1 is 1.59 bits per heavy atom. The van der Waals surface area contributed by atoms with Gasteiger partial charge in [0.15, 0.2) is 0 Å². The first kappa shape index (κ1) is 13.3. The van der Waals surface area contributed by atoms with E-state index in [0.29, 0.717) is 0 Å².